The lowest BCUT2D eigenvalue weighted by molar-refractivity contribution is 0.0979. The summed E-state index contributed by atoms with van der Waals surface area (Å²) in [6, 6.07) is 7.45. The van der Waals surface area contributed by atoms with Crippen LogP contribution in [0.3, 0.4) is 0 Å². The Balaban J connectivity index is 0.00000243. The quantitative estimate of drug-likeness (QED) is 0.640. The highest BCUT2D eigenvalue weighted by Gasteiger charge is 2.24. The topological polar surface area (TPSA) is 54.3 Å². The number of thiazole rings is 1. The maximum Gasteiger partial charge on any atom is 0.280 e. The van der Waals surface area contributed by atoms with Crippen LogP contribution in [0, 0.1) is 6.92 Å². The van der Waals surface area contributed by atoms with Crippen LogP contribution in [0.15, 0.2) is 24.3 Å². The number of aryl methyl sites for hydroxylation is 2. The average molecular weight is 414 g/mol. The fourth-order valence-electron chi connectivity index (χ4n) is 2.41. The van der Waals surface area contributed by atoms with E-state index in [9.17, 15) is 4.79 Å². The number of carbonyl (C=O) groups is 1. The highest BCUT2D eigenvalue weighted by molar-refractivity contribution is 7.22. The van der Waals surface area contributed by atoms with E-state index in [1.54, 1.807) is 15.6 Å². The normalized spacial score (nSPS) is 11.0. The first-order valence-corrected chi connectivity index (χ1v) is 9.08. The summed E-state index contributed by atoms with van der Waals surface area (Å²) in [6.45, 7) is 3.17. The minimum absolute atomic E-state index is 0. The molecule has 1 amide bonds. The Labute approximate surface area is 167 Å². The predicted octanol–water partition coefficient (Wildman–Crippen LogP) is 3.62. The Hall–Kier alpha value is -1.67. The van der Waals surface area contributed by atoms with Crippen molar-refractivity contribution in [1.82, 2.24) is 19.7 Å². The van der Waals surface area contributed by atoms with Crippen molar-refractivity contribution in [2.45, 2.75) is 6.92 Å². The second-order valence-electron chi connectivity index (χ2n) is 6.14. The van der Waals surface area contributed by atoms with Gasteiger partial charge in [-0.05, 0) is 39.2 Å². The molecule has 26 heavy (non-hydrogen) atoms. The first-order valence-electron chi connectivity index (χ1n) is 7.89. The summed E-state index contributed by atoms with van der Waals surface area (Å²) < 4.78 is 2.66. The molecule has 1 aromatic carbocycles. The highest BCUT2D eigenvalue weighted by Crippen LogP contribution is 2.33. The molecule has 2 aromatic heterocycles. The minimum Gasteiger partial charge on any atom is -0.308 e. The van der Waals surface area contributed by atoms with Crippen molar-refractivity contribution < 1.29 is 4.79 Å². The Kier molecular flexibility index (Phi) is 6.63. The number of hydrogen-bond acceptors (Lipinski definition) is 5. The zero-order valence-electron chi connectivity index (χ0n) is 15.1. The van der Waals surface area contributed by atoms with Gasteiger partial charge in [-0.15, -0.1) is 12.4 Å². The number of rotatable bonds is 5. The molecule has 0 aliphatic rings. The van der Waals surface area contributed by atoms with E-state index in [1.165, 1.54) is 11.3 Å². The van der Waals surface area contributed by atoms with Crippen molar-refractivity contribution in [3.8, 4) is 0 Å². The summed E-state index contributed by atoms with van der Waals surface area (Å²) in [6.07, 6.45) is 0. The van der Waals surface area contributed by atoms with Crippen LogP contribution >= 0.6 is 35.3 Å². The van der Waals surface area contributed by atoms with Crippen molar-refractivity contribution in [2.24, 2.45) is 7.05 Å². The van der Waals surface area contributed by atoms with Gasteiger partial charge in [-0.3, -0.25) is 14.4 Å². The van der Waals surface area contributed by atoms with Crippen molar-refractivity contribution in [3.63, 3.8) is 0 Å². The molecular weight excluding hydrogens is 393 g/mol. The second-order valence-corrected chi connectivity index (χ2v) is 7.55. The van der Waals surface area contributed by atoms with Gasteiger partial charge < -0.3 is 4.90 Å². The molecule has 9 heteroatoms. The molecule has 0 saturated heterocycles. The number of aromatic nitrogens is 3. The molecule has 0 radical (unpaired) electrons. The largest absolute Gasteiger partial charge is 0.308 e. The standard InChI is InChI=1S/C17H20ClN5OS.ClH/c1-11-10-13(20-22(11)4)16(24)23(9-8-21(2)3)17-19-15-12(18)6-5-7-14(15)25-17;/h5-7,10H,8-9H2,1-4H3;1H. The number of nitrogens with zero attached hydrogens (tertiary/aromatic N) is 5. The molecule has 0 aliphatic heterocycles. The maximum absolute atomic E-state index is 13.1. The number of carbonyl (C=O) groups excluding carboxylic acids is 1. The highest BCUT2D eigenvalue weighted by atomic mass is 35.5. The molecule has 3 aromatic rings. The summed E-state index contributed by atoms with van der Waals surface area (Å²) in [4.78, 5) is 21.4. The minimum atomic E-state index is -0.152. The van der Waals surface area contributed by atoms with E-state index in [-0.39, 0.29) is 18.3 Å². The summed E-state index contributed by atoms with van der Waals surface area (Å²) in [5.41, 5.74) is 2.08. The summed E-state index contributed by atoms with van der Waals surface area (Å²) in [5.74, 6) is -0.152. The molecule has 3 rings (SSSR count). The number of benzene rings is 1. The van der Waals surface area contributed by atoms with E-state index in [2.05, 4.69) is 10.1 Å². The monoisotopic (exact) mass is 413 g/mol. The Morgan fingerprint density at radius 2 is 2.04 bits per heavy atom. The van der Waals surface area contributed by atoms with E-state index in [0.29, 0.717) is 22.4 Å². The summed E-state index contributed by atoms with van der Waals surface area (Å²) >= 11 is 7.70. The van der Waals surface area contributed by atoms with E-state index in [4.69, 9.17) is 11.6 Å². The van der Waals surface area contributed by atoms with Crippen molar-refractivity contribution in [2.75, 3.05) is 32.1 Å². The van der Waals surface area contributed by atoms with Crippen molar-refractivity contribution in [1.29, 1.82) is 0 Å². The van der Waals surface area contributed by atoms with Gasteiger partial charge in [0, 0.05) is 25.8 Å². The molecule has 0 fully saturated rings. The van der Waals surface area contributed by atoms with Gasteiger partial charge in [-0.2, -0.15) is 5.10 Å². The SMILES string of the molecule is Cc1cc(C(=O)N(CCN(C)C)c2nc3c(Cl)cccc3s2)nn1C.Cl. The van der Waals surface area contributed by atoms with Crippen LogP contribution in [0.4, 0.5) is 5.13 Å². The first kappa shape index (κ1) is 20.6. The zero-order chi connectivity index (χ0) is 18.1. The smallest absolute Gasteiger partial charge is 0.280 e. The molecular formula is C17H21Cl2N5OS. The molecule has 0 bridgehead atoms. The van der Waals surface area contributed by atoms with Crippen molar-refractivity contribution >= 4 is 56.6 Å². The Bertz CT molecular complexity index is 902. The fourth-order valence-corrected chi connectivity index (χ4v) is 3.70. The van der Waals surface area contributed by atoms with E-state index in [1.807, 2.05) is 51.2 Å². The predicted molar refractivity (Wildman–Crippen MR) is 110 cm³/mol. The molecule has 0 N–H and O–H groups in total. The van der Waals surface area contributed by atoms with Crippen LogP contribution in [-0.2, 0) is 7.05 Å². The number of amides is 1. The average Bonchev–Trinajstić information content (AvgIpc) is 3.12. The van der Waals surface area contributed by atoms with E-state index in [0.717, 1.165) is 22.5 Å². The lowest BCUT2D eigenvalue weighted by Crippen LogP contribution is -2.37. The maximum atomic E-state index is 13.1. The van der Waals surface area contributed by atoms with Gasteiger partial charge in [0.25, 0.3) is 5.91 Å². The third-order valence-corrected chi connectivity index (χ3v) is 5.29. The van der Waals surface area contributed by atoms with Crippen LogP contribution in [0.5, 0.6) is 0 Å². The number of fused-ring (bicyclic) bond motifs is 1. The van der Waals surface area contributed by atoms with E-state index < -0.39 is 0 Å². The molecule has 0 spiro atoms. The van der Waals surface area contributed by atoms with Crippen LogP contribution in [0.1, 0.15) is 16.2 Å². The molecule has 140 valence electrons. The summed E-state index contributed by atoms with van der Waals surface area (Å²) in [5, 5.41) is 5.55. The fraction of sp³-hybridized carbons (Fsp3) is 0.353. The van der Waals surface area contributed by atoms with Crippen molar-refractivity contribution in [3.05, 3.63) is 40.7 Å². The number of anilines is 1. The Morgan fingerprint density at radius 3 is 2.62 bits per heavy atom. The van der Waals surface area contributed by atoms with Gasteiger partial charge in [0.2, 0.25) is 0 Å². The lowest BCUT2D eigenvalue weighted by atomic mass is 10.3. The zero-order valence-corrected chi connectivity index (χ0v) is 17.5. The van der Waals surface area contributed by atoms with Gasteiger partial charge in [-0.1, -0.05) is 29.0 Å². The number of halogens is 2. The third-order valence-electron chi connectivity index (χ3n) is 3.94. The molecule has 0 atom stereocenters. The van der Waals surface area contributed by atoms with Gasteiger partial charge >= 0.3 is 0 Å². The Morgan fingerprint density at radius 1 is 1.31 bits per heavy atom. The second kappa shape index (κ2) is 8.35. The van der Waals surface area contributed by atoms with Gasteiger partial charge in [0.05, 0.1) is 9.72 Å². The van der Waals surface area contributed by atoms with Crippen LogP contribution in [0.25, 0.3) is 10.2 Å². The van der Waals surface area contributed by atoms with Gasteiger partial charge in [-0.25, -0.2) is 4.98 Å². The van der Waals surface area contributed by atoms with E-state index >= 15 is 0 Å². The lowest BCUT2D eigenvalue weighted by Gasteiger charge is -2.21. The number of hydrogen-bond donors (Lipinski definition) is 0. The van der Waals surface area contributed by atoms with Crippen LogP contribution in [0.2, 0.25) is 5.02 Å². The molecule has 0 aliphatic carbocycles. The third kappa shape index (κ3) is 4.17. The molecule has 6 nitrogen and oxygen atoms in total. The molecule has 2 heterocycles. The number of likely N-dealkylation sites (N-methyl/N-ethyl adjacent to an activating group) is 1. The van der Waals surface area contributed by atoms with Gasteiger partial charge in [0.1, 0.15) is 5.52 Å². The first-order chi connectivity index (χ1) is 11.9. The molecule has 0 unspecified atom stereocenters. The summed E-state index contributed by atoms with van der Waals surface area (Å²) in [7, 11) is 5.78. The van der Waals surface area contributed by atoms with Crippen LogP contribution in [-0.4, -0.2) is 52.8 Å². The van der Waals surface area contributed by atoms with Gasteiger partial charge in [0.15, 0.2) is 10.8 Å². The molecule has 0 saturated carbocycles. The van der Waals surface area contributed by atoms with Crippen LogP contribution < -0.4 is 4.90 Å². The number of para-hydroxylation sites is 1.